The number of amides is 1. The molecule has 0 spiro atoms. The first-order valence-corrected chi connectivity index (χ1v) is 7.76. The van der Waals surface area contributed by atoms with Gasteiger partial charge < -0.3 is 15.1 Å². The van der Waals surface area contributed by atoms with Gasteiger partial charge in [-0.1, -0.05) is 30.3 Å². The van der Waals surface area contributed by atoms with Crippen LogP contribution < -0.4 is 0 Å². The van der Waals surface area contributed by atoms with Crippen molar-refractivity contribution >= 4 is 5.91 Å². The lowest BCUT2D eigenvalue weighted by molar-refractivity contribution is -0.0323. The van der Waals surface area contributed by atoms with Crippen LogP contribution in [0.4, 0.5) is 0 Å². The maximum absolute atomic E-state index is 12.5. The third-order valence-corrected chi connectivity index (χ3v) is 4.17. The van der Waals surface area contributed by atoms with Gasteiger partial charge in [0, 0.05) is 13.1 Å². The molecule has 0 unspecified atom stereocenters. The minimum Gasteiger partial charge on any atom is -0.390 e. The van der Waals surface area contributed by atoms with Crippen molar-refractivity contribution in [3.8, 4) is 5.69 Å². The summed E-state index contributed by atoms with van der Waals surface area (Å²) in [5.74, 6) is -0.281. The first-order chi connectivity index (χ1) is 11.1. The molecule has 0 aliphatic carbocycles. The molecule has 1 amide bonds. The first kappa shape index (κ1) is 15.6. The fourth-order valence-electron chi connectivity index (χ4n) is 2.78. The van der Waals surface area contributed by atoms with E-state index in [-0.39, 0.29) is 18.1 Å². The number of β-amino-alcohol motifs (C(OH)–C–C–N with tert-alkyl or cyclic N) is 1. The van der Waals surface area contributed by atoms with Crippen LogP contribution in [0.1, 0.15) is 29.4 Å². The molecule has 3 rings (SSSR count). The Morgan fingerprint density at radius 3 is 2.83 bits per heavy atom. The molecule has 0 bridgehead atoms. The number of piperidine rings is 1. The second kappa shape index (κ2) is 6.47. The van der Waals surface area contributed by atoms with E-state index in [1.54, 1.807) is 10.9 Å². The van der Waals surface area contributed by atoms with Gasteiger partial charge in [0.2, 0.25) is 0 Å². The van der Waals surface area contributed by atoms with Crippen molar-refractivity contribution in [3.63, 3.8) is 0 Å². The number of hydrogen-bond donors (Lipinski definition) is 2. The smallest absolute Gasteiger partial charge is 0.276 e. The minimum absolute atomic E-state index is 0.110. The minimum atomic E-state index is -0.913. The Hall–Kier alpha value is -2.25. The molecule has 23 heavy (non-hydrogen) atoms. The summed E-state index contributed by atoms with van der Waals surface area (Å²) in [4.78, 5) is 14.0. The van der Waals surface area contributed by atoms with Crippen molar-refractivity contribution in [1.82, 2.24) is 19.9 Å². The van der Waals surface area contributed by atoms with Crippen molar-refractivity contribution in [2.45, 2.75) is 32.0 Å². The zero-order chi connectivity index (χ0) is 16.4. The van der Waals surface area contributed by atoms with E-state index >= 15 is 0 Å². The largest absolute Gasteiger partial charge is 0.390 e. The molecule has 1 aromatic carbocycles. The quantitative estimate of drug-likeness (QED) is 0.855. The number of aliphatic hydroxyl groups excluding tert-OH is 2. The molecular weight excluding hydrogens is 296 g/mol. The molecule has 2 N–H and O–H groups in total. The van der Waals surface area contributed by atoms with Gasteiger partial charge in [0.25, 0.3) is 5.91 Å². The van der Waals surface area contributed by atoms with Gasteiger partial charge in [-0.2, -0.15) is 0 Å². The Morgan fingerprint density at radius 1 is 1.30 bits per heavy atom. The number of carbonyl (C=O) groups excluding carboxylic acids is 1. The number of aryl methyl sites for hydroxylation is 1. The standard InChI is InChI=1S/C16H20N4O3/c1-2-11-5-3-4-6-13(11)20-9-12(17-18-20)16(23)19-8-7-14(21)15(22)10-19/h3-6,9,14-15,21-22H,2,7-8,10H2,1H3/t14-,15+/m1/s1. The van der Waals surface area contributed by atoms with Gasteiger partial charge in [0.1, 0.15) is 0 Å². The number of benzene rings is 1. The maximum Gasteiger partial charge on any atom is 0.276 e. The maximum atomic E-state index is 12.5. The van der Waals surface area contributed by atoms with Gasteiger partial charge in [-0.05, 0) is 24.5 Å². The Labute approximate surface area is 134 Å². The van der Waals surface area contributed by atoms with Crippen molar-refractivity contribution in [1.29, 1.82) is 0 Å². The molecule has 1 aliphatic heterocycles. The van der Waals surface area contributed by atoms with Gasteiger partial charge in [-0.25, -0.2) is 4.68 Å². The fraction of sp³-hybridized carbons (Fsp3) is 0.438. The topological polar surface area (TPSA) is 91.5 Å². The van der Waals surface area contributed by atoms with Crippen molar-refractivity contribution < 1.29 is 15.0 Å². The van der Waals surface area contributed by atoms with Crippen LogP contribution >= 0.6 is 0 Å². The highest BCUT2D eigenvalue weighted by Gasteiger charge is 2.30. The van der Waals surface area contributed by atoms with Crippen LogP contribution in [0.25, 0.3) is 5.69 Å². The molecule has 2 atom stereocenters. The third-order valence-electron chi connectivity index (χ3n) is 4.17. The zero-order valence-electron chi connectivity index (χ0n) is 13.0. The summed E-state index contributed by atoms with van der Waals surface area (Å²) in [6, 6.07) is 7.83. The van der Waals surface area contributed by atoms with E-state index in [4.69, 9.17) is 0 Å². The SMILES string of the molecule is CCc1ccccc1-n1cc(C(=O)N2CC[C@@H](O)[C@@H](O)C2)nn1. The summed E-state index contributed by atoms with van der Waals surface area (Å²) in [6.07, 6.45) is 1.14. The Balaban J connectivity index is 1.80. The van der Waals surface area contributed by atoms with E-state index in [1.165, 1.54) is 4.90 Å². The summed E-state index contributed by atoms with van der Waals surface area (Å²) in [6.45, 7) is 2.57. The second-order valence-electron chi connectivity index (χ2n) is 5.71. The number of likely N-dealkylation sites (tertiary alicyclic amines) is 1. The molecule has 7 nitrogen and oxygen atoms in total. The van der Waals surface area contributed by atoms with E-state index in [0.29, 0.717) is 13.0 Å². The van der Waals surface area contributed by atoms with E-state index in [2.05, 4.69) is 17.2 Å². The first-order valence-electron chi connectivity index (χ1n) is 7.76. The highest BCUT2D eigenvalue weighted by molar-refractivity contribution is 5.92. The summed E-state index contributed by atoms with van der Waals surface area (Å²) in [5, 5.41) is 27.3. The lowest BCUT2D eigenvalue weighted by Crippen LogP contribution is -2.49. The number of carbonyl (C=O) groups is 1. The van der Waals surface area contributed by atoms with E-state index < -0.39 is 12.2 Å². The number of nitrogens with zero attached hydrogens (tertiary/aromatic N) is 4. The van der Waals surface area contributed by atoms with Crippen LogP contribution in [0.5, 0.6) is 0 Å². The van der Waals surface area contributed by atoms with Crippen LogP contribution in [0, 0.1) is 0 Å². The highest BCUT2D eigenvalue weighted by atomic mass is 16.3. The molecule has 122 valence electrons. The van der Waals surface area contributed by atoms with Crippen molar-refractivity contribution in [2.75, 3.05) is 13.1 Å². The molecule has 1 aromatic heterocycles. The Kier molecular flexibility index (Phi) is 4.40. The van der Waals surface area contributed by atoms with Crippen LogP contribution in [0.2, 0.25) is 0 Å². The molecule has 0 radical (unpaired) electrons. The van der Waals surface area contributed by atoms with Gasteiger partial charge in [0.15, 0.2) is 5.69 Å². The molecule has 1 fully saturated rings. The Bertz CT molecular complexity index is 700. The third kappa shape index (κ3) is 3.11. The van der Waals surface area contributed by atoms with E-state index in [9.17, 15) is 15.0 Å². The van der Waals surface area contributed by atoms with E-state index in [1.807, 2.05) is 24.3 Å². The number of aliphatic hydroxyl groups is 2. The zero-order valence-corrected chi connectivity index (χ0v) is 13.0. The predicted octanol–water partition coefficient (Wildman–Crippen LogP) is 0.397. The van der Waals surface area contributed by atoms with Gasteiger partial charge in [0.05, 0.1) is 24.1 Å². The summed E-state index contributed by atoms with van der Waals surface area (Å²) < 4.78 is 1.60. The fourth-order valence-corrected chi connectivity index (χ4v) is 2.78. The lowest BCUT2D eigenvalue weighted by Gasteiger charge is -2.32. The normalized spacial score (nSPS) is 21.4. The van der Waals surface area contributed by atoms with Crippen molar-refractivity contribution in [3.05, 3.63) is 41.7 Å². The van der Waals surface area contributed by atoms with Crippen molar-refractivity contribution in [2.24, 2.45) is 0 Å². The second-order valence-corrected chi connectivity index (χ2v) is 5.71. The van der Waals surface area contributed by atoms with Gasteiger partial charge >= 0.3 is 0 Å². The van der Waals surface area contributed by atoms with Crippen LogP contribution in [-0.4, -0.2) is 61.3 Å². The number of para-hydroxylation sites is 1. The number of rotatable bonds is 3. The van der Waals surface area contributed by atoms with Gasteiger partial charge in [-0.3, -0.25) is 4.79 Å². The molecule has 1 saturated heterocycles. The summed E-state index contributed by atoms with van der Waals surface area (Å²) in [5.41, 5.74) is 2.25. The van der Waals surface area contributed by atoms with Gasteiger partial charge in [-0.15, -0.1) is 5.10 Å². The lowest BCUT2D eigenvalue weighted by atomic mass is 10.0. The molecule has 0 saturated carbocycles. The number of hydrogen-bond acceptors (Lipinski definition) is 5. The van der Waals surface area contributed by atoms with Crippen LogP contribution in [-0.2, 0) is 6.42 Å². The summed E-state index contributed by atoms with van der Waals surface area (Å²) >= 11 is 0. The van der Waals surface area contributed by atoms with Crippen LogP contribution in [0.15, 0.2) is 30.5 Å². The van der Waals surface area contributed by atoms with Crippen LogP contribution in [0.3, 0.4) is 0 Å². The molecule has 1 aliphatic rings. The molecule has 2 heterocycles. The monoisotopic (exact) mass is 316 g/mol. The highest BCUT2D eigenvalue weighted by Crippen LogP contribution is 2.16. The Morgan fingerprint density at radius 2 is 2.09 bits per heavy atom. The average Bonchev–Trinajstić information content (AvgIpc) is 3.06. The van der Waals surface area contributed by atoms with E-state index in [0.717, 1.165) is 17.7 Å². The average molecular weight is 316 g/mol. The molecular formula is C16H20N4O3. The predicted molar refractivity (Wildman–Crippen MR) is 83.3 cm³/mol. The molecule has 2 aromatic rings. The molecule has 7 heteroatoms. The number of aromatic nitrogens is 3. The summed E-state index contributed by atoms with van der Waals surface area (Å²) in [7, 11) is 0.